The quantitative estimate of drug-likeness (QED) is 0.238. The second kappa shape index (κ2) is 11.0. The van der Waals surface area contributed by atoms with Gasteiger partial charge in [0, 0.05) is 35.5 Å². The van der Waals surface area contributed by atoms with Crippen LogP contribution in [-0.4, -0.2) is 28.8 Å². The number of halogens is 1. The van der Waals surface area contributed by atoms with Crippen molar-refractivity contribution in [2.24, 2.45) is 0 Å². The van der Waals surface area contributed by atoms with Crippen LogP contribution in [0.2, 0.25) is 0 Å². The Kier molecular flexibility index (Phi) is 7.89. The predicted molar refractivity (Wildman–Crippen MR) is 131 cm³/mol. The fraction of sp³-hybridized carbons (Fsp3) is 0.0435. The van der Waals surface area contributed by atoms with Gasteiger partial charge >= 0.3 is 0 Å². The fourth-order valence-electron chi connectivity index (χ4n) is 2.92. The zero-order valence-corrected chi connectivity index (χ0v) is 19.6. The number of nitro groups is 2. The number of hydrogen-bond acceptors (Lipinski definition) is 7. The van der Waals surface area contributed by atoms with Crippen molar-refractivity contribution in [2.75, 3.05) is 12.4 Å². The van der Waals surface area contributed by atoms with Crippen molar-refractivity contribution in [2.45, 2.75) is 0 Å². The standard InChI is InChI=1S/C23H17BrN4O7/c1-35-21-10-7-15(12-19(21)24)22(29)26-20(11-14-5-8-17(9-6-14)27(31)32)23(30)25-16-3-2-4-18(13-16)28(33)34/h2-13H,1H3,(H,25,30)(H,26,29). The Morgan fingerprint density at radius 2 is 1.63 bits per heavy atom. The maximum Gasteiger partial charge on any atom is 0.272 e. The summed E-state index contributed by atoms with van der Waals surface area (Å²) in [5.74, 6) is -0.868. The number of hydrogen-bond donors (Lipinski definition) is 2. The highest BCUT2D eigenvalue weighted by atomic mass is 79.9. The molecule has 3 rings (SSSR count). The number of nitrogens with one attached hydrogen (secondary N) is 2. The predicted octanol–water partition coefficient (Wildman–Crippen LogP) is 4.68. The second-order valence-electron chi connectivity index (χ2n) is 6.97. The molecule has 12 heteroatoms. The maximum absolute atomic E-state index is 13.0. The van der Waals surface area contributed by atoms with E-state index < -0.39 is 21.7 Å². The molecule has 3 aromatic rings. The number of anilines is 1. The summed E-state index contributed by atoms with van der Waals surface area (Å²) in [4.78, 5) is 46.6. The largest absolute Gasteiger partial charge is 0.496 e. The van der Waals surface area contributed by atoms with E-state index in [1.807, 2.05) is 0 Å². The molecule has 0 spiro atoms. The van der Waals surface area contributed by atoms with Crippen molar-refractivity contribution >= 4 is 50.9 Å². The zero-order chi connectivity index (χ0) is 25.5. The SMILES string of the molecule is COc1ccc(C(=O)NC(=Cc2ccc([N+](=O)[O-])cc2)C(=O)Nc2cccc([N+](=O)[O-])c2)cc1Br. The molecule has 0 radical (unpaired) electrons. The van der Waals surface area contributed by atoms with Gasteiger partial charge in [0.1, 0.15) is 11.4 Å². The molecule has 3 aromatic carbocycles. The minimum Gasteiger partial charge on any atom is -0.496 e. The van der Waals surface area contributed by atoms with Gasteiger partial charge in [0.15, 0.2) is 0 Å². The first-order valence-electron chi connectivity index (χ1n) is 9.85. The number of non-ortho nitro benzene ring substituents is 2. The van der Waals surface area contributed by atoms with Crippen LogP contribution in [0.25, 0.3) is 6.08 Å². The van der Waals surface area contributed by atoms with Crippen LogP contribution in [0.5, 0.6) is 5.75 Å². The number of ether oxygens (including phenoxy) is 1. The van der Waals surface area contributed by atoms with Gasteiger partial charge in [-0.3, -0.25) is 29.8 Å². The normalized spacial score (nSPS) is 10.9. The lowest BCUT2D eigenvalue weighted by molar-refractivity contribution is -0.385. The molecule has 0 saturated heterocycles. The molecule has 2 N–H and O–H groups in total. The zero-order valence-electron chi connectivity index (χ0n) is 18.1. The summed E-state index contributed by atoms with van der Waals surface area (Å²) in [6.45, 7) is 0. The number of carbonyl (C=O) groups excluding carboxylic acids is 2. The topological polar surface area (TPSA) is 154 Å². The Morgan fingerprint density at radius 1 is 0.943 bits per heavy atom. The first kappa shape index (κ1) is 25.1. The third kappa shape index (κ3) is 6.48. The highest BCUT2D eigenvalue weighted by Gasteiger charge is 2.17. The molecule has 0 atom stereocenters. The molecule has 0 aliphatic carbocycles. The highest BCUT2D eigenvalue weighted by Crippen LogP contribution is 2.26. The minimum atomic E-state index is -0.759. The van der Waals surface area contributed by atoms with E-state index in [9.17, 15) is 29.8 Å². The number of benzene rings is 3. The van der Waals surface area contributed by atoms with Gasteiger partial charge < -0.3 is 15.4 Å². The summed E-state index contributed by atoms with van der Waals surface area (Å²) in [7, 11) is 1.48. The first-order valence-corrected chi connectivity index (χ1v) is 10.6. The van der Waals surface area contributed by atoms with E-state index in [1.165, 1.54) is 73.8 Å². The highest BCUT2D eigenvalue weighted by molar-refractivity contribution is 9.10. The van der Waals surface area contributed by atoms with Crippen molar-refractivity contribution in [3.8, 4) is 5.75 Å². The molecule has 2 amide bonds. The number of carbonyl (C=O) groups is 2. The smallest absolute Gasteiger partial charge is 0.272 e. The third-order valence-electron chi connectivity index (χ3n) is 4.64. The molecule has 35 heavy (non-hydrogen) atoms. The molecular weight excluding hydrogens is 524 g/mol. The monoisotopic (exact) mass is 540 g/mol. The van der Waals surface area contributed by atoms with Crippen LogP contribution in [0.3, 0.4) is 0 Å². The number of nitrogens with zero attached hydrogens (tertiary/aromatic N) is 2. The summed E-state index contributed by atoms with van der Waals surface area (Å²) >= 11 is 3.30. The Morgan fingerprint density at radius 3 is 2.23 bits per heavy atom. The Balaban J connectivity index is 1.93. The third-order valence-corrected chi connectivity index (χ3v) is 5.26. The Labute approximate surface area is 206 Å². The van der Waals surface area contributed by atoms with Gasteiger partial charge in [-0.05, 0) is 64.0 Å². The molecule has 178 valence electrons. The van der Waals surface area contributed by atoms with Crippen LogP contribution in [0.15, 0.2) is 76.9 Å². The van der Waals surface area contributed by atoms with Crippen LogP contribution in [0.1, 0.15) is 15.9 Å². The van der Waals surface area contributed by atoms with Gasteiger partial charge in [-0.15, -0.1) is 0 Å². The van der Waals surface area contributed by atoms with Crippen LogP contribution < -0.4 is 15.4 Å². The number of methoxy groups -OCH3 is 1. The summed E-state index contributed by atoms with van der Waals surface area (Å²) < 4.78 is 5.67. The van der Waals surface area contributed by atoms with E-state index in [2.05, 4.69) is 26.6 Å². The lowest BCUT2D eigenvalue weighted by atomic mass is 10.1. The molecule has 0 heterocycles. The van der Waals surface area contributed by atoms with Crippen molar-refractivity contribution in [3.63, 3.8) is 0 Å². The van der Waals surface area contributed by atoms with E-state index in [0.717, 1.165) is 0 Å². The second-order valence-corrected chi connectivity index (χ2v) is 7.83. The van der Waals surface area contributed by atoms with Crippen LogP contribution in [0.4, 0.5) is 17.1 Å². The Bertz CT molecular complexity index is 1340. The van der Waals surface area contributed by atoms with E-state index in [1.54, 1.807) is 6.07 Å². The number of nitro benzene ring substituents is 2. The summed E-state index contributed by atoms with van der Waals surface area (Å²) in [6.07, 6.45) is 1.33. The van der Waals surface area contributed by atoms with Crippen LogP contribution in [-0.2, 0) is 4.79 Å². The van der Waals surface area contributed by atoms with Gasteiger partial charge in [-0.1, -0.05) is 6.07 Å². The average molecular weight is 541 g/mol. The van der Waals surface area contributed by atoms with Crippen LogP contribution >= 0.6 is 15.9 Å². The van der Waals surface area contributed by atoms with E-state index in [4.69, 9.17) is 4.74 Å². The van der Waals surface area contributed by atoms with Gasteiger partial charge in [-0.25, -0.2) is 0 Å². The minimum absolute atomic E-state index is 0.139. The average Bonchev–Trinajstić information content (AvgIpc) is 2.83. The Hall–Kier alpha value is -4.58. The summed E-state index contributed by atoms with van der Waals surface area (Å²) in [6, 6.07) is 15.2. The molecule has 0 fully saturated rings. The van der Waals surface area contributed by atoms with Crippen molar-refractivity contribution in [3.05, 3.63) is 108 Å². The van der Waals surface area contributed by atoms with Crippen molar-refractivity contribution < 1.29 is 24.2 Å². The van der Waals surface area contributed by atoms with E-state index >= 15 is 0 Å². The molecule has 0 bridgehead atoms. The lowest BCUT2D eigenvalue weighted by Gasteiger charge is -2.12. The first-order chi connectivity index (χ1) is 16.7. The molecule has 11 nitrogen and oxygen atoms in total. The lowest BCUT2D eigenvalue weighted by Crippen LogP contribution is -2.30. The molecular formula is C23H17BrN4O7. The van der Waals surface area contributed by atoms with Gasteiger partial charge in [0.05, 0.1) is 21.4 Å². The molecule has 0 aliphatic rings. The van der Waals surface area contributed by atoms with Crippen molar-refractivity contribution in [1.29, 1.82) is 0 Å². The van der Waals surface area contributed by atoms with Gasteiger partial charge in [0.25, 0.3) is 23.2 Å². The van der Waals surface area contributed by atoms with Gasteiger partial charge in [-0.2, -0.15) is 0 Å². The van der Waals surface area contributed by atoms with E-state index in [0.29, 0.717) is 15.8 Å². The molecule has 0 aliphatic heterocycles. The van der Waals surface area contributed by atoms with Crippen molar-refractivity contribution in [1.82, 2.24) is 5.32 Å². The molecule has 0 saturated carbocycles. The van der Waals surface area contributed by atoms with Gasteiger partial charge in [0.2, 0.25) is 0 Å². The summed E-state index contributed by atoms with van der Waals surface area (Å²) in [5, 5.41) is 27.0. The molecule has 0 aromatic heterocycles. The number of amides is 2. The number of rotatable bonds is 8. The molecule has 0 unspecified atom stereocenters. The van der Waals surface area contributed by atoms with Crippen LogP contribution in [0, 0.1) is 20.2 Å². The van der Waals surface area contributed by atoms with E-state index in [-0.39, 0.29) is 28.3 Å². The maximum atomic E-state index is 13.0. The summed E-state index contributed by atoms with van der Waals surface area (Å²) in [5.41, 5.74) is 0.196. The fourth-order valence-corrected chi connectivity index (χ4v) is 3.46.